The fourth-order valence-electron chi connectivity index (χ4n) is 0.838. The molecular weight excluding hydrogens is 235 g/mol. The normalized spacial score (nSPS) is 15.4. The molecule has 0 aromatic carbocycles. The first-order chi connectivity index (χ1) is 6.70. The molecule has 0 rings (SSSR count). The molecule has 0 saturated carbocycles. The van der Waals surface area contributed by atoms with Gasteiger partial charge in [0, 0.05) is 11.7 Å². The lowest BCUT2D eigenvalue weighted by Gasteiger charge is -2.19. The Bertz CT molecular complexity index is 178. The molecule has 92 valence electrons. The summed E-state index contributed by atoms with van der Waals surface area (Å²) in [5.41, 5.74) is 0. The molecule has 0 bridgehead atoms. The lowest BCUT2D eigenvalue weighted by Crippen LogP contribution is -2.36. The molecule has 0 aliphatic carbocycles. The largest absolute Gasteiger partial charge is 0.453 e. The Kier molecular flexibility index (Phi) is 5.92. The quantitative estimate of drug-likeness (QED) is 0.494. The van der Waals surface area contributed by atoms with Crippen LogP contribution in [0.5, 0.6) is 0 Å². The zero-order valence-electron chi connectivity index (χ0n) is 8.70. The van der Waals surface area contributed by atoms with Crippen LogP contribution in [-0.2, 0) is 0 Å². The first kappa shape index (κ1) is 15.0. The zero-order chi connectivity index (χ0) is 12.1. The number of thioether (sulfide) groups is 1. The Balaban J connectivity index is 3.77. The first-order valence-corrected chi connectivity index (χ1v) is 5.81. The van der Waals surface area contributed by atoms with Gasteiger partial charge in [0.25, 0.3) is 0 Å². The van der Waals surface area contributed by atoms with Crippen molar-refractivity contribution in [2.24, 2.45) is 0 Å². The first-order valence-electron chi connectivity index (χ1n) is 4.77. The van der Waals surface area contributed by atoms with Crippen LogP contribution in [0, 0.1) is 0 Å². The SMILES string of the molecule is CCC(C)SCCCC(F)(F)C(F)(F)F. The molecule has 1 unspecified atom stereocenters. The Morgan fingerprint density at radius 3 is 2.07 bits per heavy atom. The summed E-state index contributed by atoms with van der Waals surface area (Å²) in [5, 5.41) is 0.310. The molecule has 0 radical (unpaired) electrons. The molecule has 0 N–H and O–H groups in total. The van der Waals surface area contributed by atoms with E-state index in [0.717, 1.165) is 6.42 Å². The molecule has 15 heavy (non-hydrogen) atoms. The molecule has 0 aromatic heterocycles. The van der Waals surface area contributed by atoms with Gasteiger partial charge in [-0.1, -0.05) is 13.8 Å². The molecule has 0 heterocycles. The summed E-state index contributed by atoms with van der Waals surface area (Å²) in [5.74, 6) is -4.19. The number of alkyl halides is 5. The van der Waals surface area contributed by atoms with Gasteiger partial charge in [0.05, 0.1) is 0 Å². The fraction of sp³-hybridized carbons (Fsp3) is 1.00. The van der Waals surface area contributed by atoms with Gasteiger partial charge >= 0.3 is 12.1 Å². The molecule has 0 aliphatic heterocycles. The van der Waals surface area contributed by atoms with E-state index in [1.165, 1.54) is 11.8 Å². The lowest BCUT2D eigenvalue weighted by atomic mass is 10.2. The third kappa shape index (κ3) is 5.58. The molecule has 0 aromatic rings. The Hall–Kier alpha value is -0.0000000000000000555. The van der Waals surface area contributed by atoms with E-state index in [1.807, 2.05) is 13.8 Å². The maximum absolute atomic E-state index is 12.4. The van der Waals surface area contributed by atoms with Crippen molar-refractivity contribution in [1.82, 2.24) is 0 Å². The highest BCUT2D eigenvalue weighted by atomic mass is 32.2. The van der Waals surface area contributed by atoms with Gasteiger partial charge in [0.2, 0.25) is 0 Å². The Labute approximate surface area is 90.6 Å². The van der Waals surface area contributed by atoms with Crippen molar-refractivity contribution in [1.29, 1.82) is 0 Å². The van der Waals surface area contributed by atoms with Crippen LogP contribution >= 0.6 is 11.8 Å². The van der Waals surface area contributed by atoms with Crippen LogP contribution in [0.4, 0.5) is 22.0 Å². The third-order valence-electron chi connectivity index (χ3n) is 2.03. The predicted molar refractivity (Wildman–Crippen MR) is 52.4 cm³/mol. The number of hydrogen-bond donors (Lipinski definition) is 0. The average Bonchev–Trinajstić information content (AvgIpc) is 2.10. The van der Waals surface area contributed by atoms with E-state index in [-0.39, 0.29) is 6.42 Å². The van der Waals surface area contributed by atoms with Gasteiger partial charge in [0.15, 0.2) is 0 Å². The molecule has 0 spiro atoms. The molecule has 1 atom stereocenters. The monoisotopic (exact) mass is 250 g/mol. The van der Waals surface area contributed by atoms with Gasteiger partial charge in [-0.3, -0.25) is 0 Å². The highest BCUT2D eigenvalue weighted by molar-refractivity contribution is 7.99. The van der Waals surface area contributed by atoms with Gasteiger partial charge in [-0.05, 0) is 18.6 Å². The van der Waals surface area contributed by atoms with Crippen molar-refractivity contribution in [3.05, 3.63) is 0 Å². The summed E-state index contributed by atoms with van der Waals surface area (Å²) in [7, 11) is 0. The van der Waals surface area contributed by atoms with E-state index in [4.69, 9.17) is 0 Å². The van der Waals surface area contributed by atoms with Crippen molar-refractivity contribution in [3.8, 4) is 0 Å². The lowest BCUT2D eigenvalue weighted by molar-refractivity contribution is -0.284. The van der Waals surface area contributed by atoms with Crippen molar-refractivity contribution in [2.75, 3.05) is 5.75 Å². The second-order valence-electron chi connectivity index (χ2n) is 3.40. The third-order valence-corrected chi connectivity index (χ3v) is 3.45. The molecule has 0 fully saturated rings. The van der Waals surface area contributed by atoms with Crippen LogP contribution in [0.3, 0.4) is 0 Å². The van der Waals surface area contributed by atoms with Crippen LogP contribution in [0.1, 0.15) is 33.1 Å². The smallest absolute Gasteiger partial charge is 0.196 e. The predicted octanol–water partition coefficient (Wildman–Crippen LogP) is 4.50. The summed E-state index contributed by atoms with van der Waals surface area (Å²) in [6.07, 6.45) is -5.74. The van der Waals surface area contributed by atoms with Crippen molar-refractivity contribution >= 4 is 11.8 Å². The van der Waals surface area contributed by atoms with E-state index in [0.29, 0.717) is 11.0 Å². The van der Waals surface area contributed by atoms with Crippen LogP contribution in [0.25, 0.3) is 0 Å². The van der Waals surface area contributed by atoms with Crippen LogP contribution in [-0.4, -0.2) is 23.1 Å². The van der Waals surface area contributed by atoms with Crippen LogP contribution < -0.4 is 0 Å². The van der Waals surface area contributed by atoms with Gasteiger partial charge in [-0.25, -0.2) is 0 Å². The van der Waals surface area contributed by atoms with E-state index in [2.05, 4.69) is 0 Å². The van der Waals surface area contributed by atoms with E-state index < -0.39 is 18.5 Å². The number of halogens is 5. The number of hydrogen-bond acceptors (Lipinski definition) is 1. The highest BCUT2D eigenvalue weighted by Crippen LogP contribution is 2.39. The van der Waals surface area contributed by atoms with Gasteiger partial charge in [0.1, 0.15) is 0 Å². The standard InChI is InChI=1S/C9H15F5S/c1-3-7(2)15-6-4-5-8(10,11)9(12,13)14/h7H,3-6H2,1-2H3. The second kappa shape index (κ2) is 5.92. The summed E-state index contributed by atoms with van der Waals surface area (Å²) >= 11 is 1.43. The number of rotatable bonds is 6. The molecule has 0 amide bonds. The minimum atomic E-state index is -5.41. The maximum atomic E-state index is 12.4. The van der Waals surface area contributed by atoms with Crippen molar-refractivity contribution < 1.29 is 22.0 Å². The minimum Gasteiger partial charge on any atom is -0.196 e. The van der Waals surface area contributed by atoms with Crippen molar-refractivity contribution in [2.45, 2.75) is 50.5 Å². The molecule has 0 aliphatic rings. The van der Waals surface area contributed by atoms with Gasteiger partial charge < -0.3 is 0 Å². The fourth-order valence-corrected chi connectivity index (χ4v) is 1.79. The Morgan fingerprint density at radius 2 is 1.67 bits per heavy atom. The second-order valence-corrected chi connectivity index (χ2v) is 4.94. The molecule has 6 heteroatoms. The van der Waals surface area contributed by atoms with Gasteiger partial charge in [-0.15, -0.1) is 0 Å². The molecule has 0 saturated heterocycles. The van der Waals surface area contributed by atoms with E-state index >= 15 is 0 Å². The zero-order valence-corrected chi connectivity index (χ0v) is 9.52. The molecular formula is C9H15F5S. The summed E-state index contributed by atoms with van der Waals surface area (Å²) in [6.45, 7) is 3.87. The average molecular weight is 250 g/mol. The Morgan fingerprint density at radius 1 is 1.13 bits per heavy atom. The van der Waals surface area contributed by atoms with Crippen LogP contribution in [0.2, 0.25) is 0 Å². The summed E-state index contributed by atoms with van der Waals surface area (Å²) < 4.78 is 60.0. The summed E-state index contributed by atoms with van der Waals surface area (Å²) in [4.78, 5) is 0. The van der Waals surface area contributed by atoms with Gasteiger partial charge in [-0.2, -0.15) is 33.7 Å². The highest BCUT2D eigenvalue weighted by Gasteiger charge is 2.56. The minimum absolute atomic E-state index is 0.110. The molecule has 0 nitrogen and oxygen atoms in total. The van der Waals surface area contributed by atoms with E-state index in [1.54, 1.807) is 0 Å². The van der Waals surface area contributed by atoms with Crippen molar-refractivity contribution in [3.63, 3.8) is 0 Å². The van der Waals surface area contributed by atoms with Crippen LogP contribution in [0.15, 0.2) is 0 Å². The topological polar surface area (TPSA) is 0 Å². The maximum Gasteiger partial charge on any atom is 0.453 e. The summed E-state index contributed by atoms with van der Waals surface area (Å²) in [6, 6.07) is 0. The van der Waals surface area contributed by atoms with E-state index in [9.17, 15) is 22.0 Å².